The Labute approximate surface area is 190 Å². The van der Waals surface area contributed by atoms with Crippen LogP contribution in [0.25, 0.3) is 11.4 Å². The van der Waals surface area contributed by atoms with Gasteiger partial charge in [0.25, 0.3) is 0 Å². The average molecular weight is 453 g/mol. The molecule has 1 amide bonds. The monoisotopic (exact) mass is 452 g/mol. The molecule has 1 saturated carbocycles. The molecule has 2 fully saturated rings. The second-order valence-electron chi connectivity index (χ2n) is 8.18. The van der Waals surface area contributed by atoms with Gasteiger partial charge in [-0.05, 0) is 31.0 Å². The minimum absolute atomic E-state index is 0.108. The quantitative estimate of drug-likeness (QED) is 0.513. The van der Waals surface area contributed by atoms with Crippen LogP contribution in [0.3, 0.4) is 0 Å². The number of carbonyl (C=O) groups excluding carboxylic acids is 1. The van der Waals surface area contributed by atoms with E-state index in [4.69, 9.17) is 0 Å². The van der Waals surface area contributed by atoms with Gasteiger partial charge in [-0.25, -0.2) is 4.39 Å². The van der Waals surface area contributed by atoms with Gasteiger partial charge in [0.15, 0.2) is 11.0 Å². The molecule has 1 aliphatic carbocycles. The van der Waals surface area contributed by atoms with Crippen LogP contribution in [0.15, 0.2) is 53.9 Å². The summed E-state index contributed by atoms with van der Waals surface area (Å²) in [6, 6.07) is 11.2. The van der Waals surface area contributed by atoms with Crippen LogP contribution in [0.4, 0.5) is 4.39 Å². The zero-order valence-corrected chi connectivity index (χ0v) is 18.5. The normalized spacial score (nSPS) is 17.0. The van der Waals surface area contributed by atoms with Crippen molar-refractivity contribution in [1.29, 1.82) is 0 Å². The number of benzene rings is 1. The summed E-state index contributed by atoms with van der Waals surface area (Å²) >= 11 is 1.46. The molecule has 9 heteroatoms. The number of piperazine rings is 1. The Balaban J connectivity index is 1.17. The zero-order chi connectivity index (χ0) is 21.9. The van der Waals surface area contributed by atoms with Gasteiger partial charge in [-0.2, -0.15) is 0 Å². The van der Waals surface area contributed by atoms with E-state index < -0.39 is 0 Å². The van der Waals surface area contributed by atoms with Gasteiger partial charge in [-0.15, -0.1) is 10.2 Å². The number of thioether (sulfide) groups is 1. The molecule has 7 nitrogen and oxygen atoms in total. The summed E-state index contributed by atoms with van der Waals surface area (Å²) in [5.74, 6) is 1.12. The van der Waals surface area contributed by atoms with Crippen LogP contribution in [0.2, 0.25) is 0 Å². The number of nitrogens with zero attached hydrogens (tertiary/aromatic N) is 6. The maximum Gasteiger partial charge on any atom is 0.233 e. The highest BCUT2D eigenvalue weighted by Crippen LogP contribution is 2.41. The molecule has 1 aliphatic heterocycles. The Morgan fingerprint density at radius 2 is 1.78 bits per heavy atom. The van der Waals surface area contributed by atoms with Crippen LogP contribution in [0.5, 0.6) is 0 Å². The van der Waals surface area contributed by atoms with Crippen molar-refractivity contribution in [2.24, 2.45) is 0 Å². The number of halogens is 1. The maximum atomic E-state index is 13.9. The van der Waals surface area contributed by atoms with Crippen LogP contribution in [0.1, 0.15) is 24.4 Å². The van der Waals surface area contributed by atoms with Crippen LogP contribution in [0, 0.1) is 5.82 Å². The van der Waals surface area contributed by atoms with Gasteiger partial charge < -0.3 is 4.90 Å². The second kappa shape index (κ2) is 9.38. The Kier molecular flexibility index (Phi) is 6.18. The van der Waals surface area contributed by atoms with E-state index in [9.17, 15) is 9.18 Å². The highest BCUT2D eigenvalue weighted by Gasteiger charge is 2.31. The molecule has 2 aromatic heterocycles. The number of carbonyl (C=O) groups is 1. The SMILES string of the molecule is O=C(CSc1nnc(-c2ccncc2)n1C1CC1)N1CCN(Cc2ccccc2F)CC1. The number of hydrogen-bond donors (Lipinski definition) is 0. The fourth-order valence-corrected chi connectivity index (χ4v) is 4.88. The van der Waals surface area contributed by atoms with E-state index in [0.29, 0.717) is 37.0 Å². The third-order valence-electron chi connectivity index (χ3n) is 5.92. The minimum Gasteiger partial charge on any atom is -0.339 e. The molecule has 0 N–H and O–H groups in total. The second-order valence-corrected chi connectivity index (χ2v) is 9.12. The topological polar surface area (TPSA) is 67.2 Å². The summed E-state index contributed by atoms with van der Waals surface area (Å²) in [4.78, 5) is 21.0. The summed E-state index contributed by atoms with van der Waals surface area (Å²) < 4.78 is 16.1. The van der Waals surface area contributed by atoms with Gasteiger partial charge in [0.1, 0.15) is 5.82 Å². The first-order valence-corrected chi connectivity index (χ1v) is 11.9. The molecule has 0 unspecified atom stereocenters. The highest BCUT2D eigenvalue weighted by atomic mass is 32.2. The van der Waals surface area contributed by atoms with Crippen molar-refractivity contribution in [3.63, 3.8) is 0 Å². The molecular formula is C23H25FN6OS. The summed E-state index contributed by atoms with van der Waals surface area (Å²) in [5, 5.41) is 9.57. The molecule has 5 rings (SSSR count). The third-order valence-corrected chi connectivity index (χ3v) is 6.84. The summed E-state index contributed by atoms with van der Waals surface area (Å²) in [6.07, 6.45) is 5.73. The number of pyridine rings is 1. The summed E-state index contributed by atoms with van der Waals surface area (Å²) in [7, 11) is 0. The van der Waals surface area contributed by atoms with Crippen molar-refractivity contribution in [3.8, 4) is 11.4 Å². The number of hydrogen-bond acceptors (Lipinski definition) is 6. The fourth-order valence-electron chi connectivity index (χ4n) is 3.98. The van der Waals surface area contributed by atoms with Crippen molar-refractivity contribution in [2.45, 2.75) is 30.6 Å². The van der Waals surface area contributed by atoms with Crippen molar-refractivity contribution >= 4 is 17.7 Å². The van der Waals surface area contributed by atoms with E-state index in [0.717, 1.165) is 42.5 Å². The van der Waals surface area contributed by atoms with E-state index in [1.807, 2.05) is 29.2 Å². The smallest absolute Gasteiger partial charge is 0.233 e. The van der Waals surface area contributed by atoms with E-state index in [2.05, 4.69) is 24.6 Å². The minimum atomic E-state index is -0.173. The Bertz CT molecular complexity index is 1080. The molecule has 0 radical (unpaired) electrons. The Morgan fingerprint density at radius 1 is 1.03 bits per heavy atom. The van der Waals surface area contributed by atoms with Crippen LogP contribution in [-0.2, 0) is 11.3 Å². The van der Waals surface area contributed by atoms with Gasteiger partial charge >= 0.3 is 0 Å². The zero-order valence-electron chi connectivity index (χ0n) is 17.7. The molecule has 0 spiro atoms. The molecule has 1 aromatic carbocycles. The first-order chi connectivity index (χ1) is 15.7. The molecular weight excluding hydrogens is 427 g/mol. The first-order valence-electron chi connectivity index (χ1n) is 10.9. The highest BCUT2D eigenvalue weighted by molar-refractivity contribution is 7.99. The van der Waals surface area contributed by atoms with Gasteiger partial charge in [0.05, 0.1) is 5.75 Å². The lowest BCUT2D eigenvalue weighted by atomic mass is 10.2. The van der Waals surface area contributed by atoms with Crippen molar-refractivity contribution in [1.82, 2.24) is 29.5 Å². The molecule has 0 atom stereocenters. The fraction of sp³-hybridized carbons (Fsp3) is 0.391. The number of amides is 1. The number of aromatic nitrogens is 4. The van der Waals surface area contributed by atoms with Gasteiger partial charge in [0.2, 0.25) is 5.91 Å². The average Bonchev–Trinajstić information content (AvgIpc) is 3.58. The largest absolute Gasteiger partial charge is 0.339 e. The molecule has 32 heavy (non-hydrogen) atoms. The lowest BCUT2D eigenvalue weighted by Crippen LogP contribution is -2.48. The van der Waals surface area contributed by atoms with Gasteiger partial charge in [-0.1, -0.05) is 30.0 Å². The predicted octanol–water partition coefficient (Wildman–Crippen LogP) is 3.25. The van der Waals surface area contributed by atoms with Crippen LogP contribution < -0.4 is 0 Å². The van der Waals surface area contributed by atoms with Crippen molar-refractivity contribution in [3.05, 3.63) is 60.2 Å². The van der Waals surface area contributed by atoms with E-state index in [1.165, 1.54) is 17.8 Å². The van der Waals surface area contributed by atoms with Crippen molar-refractivity contribution < 1.29 is 9.18 Å². The lowest BCUT2D eigenvalue weighted by Gasteiger charge is -2.34. The number of rotatable bonds is 7. The Morgan fingerprint density at radius 3 is 2.50 bits per heavy atom. The van der Waals surface area contributed by atoms with Crippen LogP contribution in [-0.4, -0.2) is 67.4 Å². The third kappa shape index (κ3) is 4.68. The predicted molar refractivity (Wildman–Crippen MR) is 121 cm³/mol. The molecule has 0 bridgehead atoms. The van der Waals surface area contributed by atoms with Gasteiger partial charge in [0, 0.05) is 62.3 Å². The molecule has 3 aromatic rings. The summed E-state index contributed by atoms with van der Waals surface area (Å²) in [5.41, 5.74) is 1.69. The van der Waals surface area contributed by atoms with Gasteiger partial charge in [-0.3, -0.25) is 19.2 Å². The molecule has 166 valence electrons. The van der Waals surface area contributed by atoms with E-state index in [1.54, 1.807) is 18.5 Å². The lowest BCUT2D eigenvalue weighted by molar-refractivity contribution is -0.130. The van der Waals surface area contributed by atoms with Crippen LogP contribution >= 0.6 is 11.8 Å². The standard InChI is InChI=1S/C23H25FN6OS/c24-20-4-2-1-3-18(20)15-28-11-13-29(14-12-28)21(31)16-32-23-27-26-22(30(23)19-5-6-19)17-7-9-25-10-8-17/h1-4,7-10,19H,5-6,11-16H2. The first kappa shape index (κ1) is 21.1. The molecule has 3 heterocycles. The maximum absolute atomic E-state index is 13.9. The molecule has 1 saturated heterocycles. The van der Waals surface area contributed by atoms with E-state index in [-0.39, 0.29) is 11.7 Å². The van der Waals surface area contributed by atoms with Crippen molar-refractivity contribution in [2.75, 3.05) is 31.9 Å². The van der Waals surface area contributed by atoms with E-state index >= 15 is 0 Å². The Hall–Kier alpha value is -2.78. The summed E-state index contributed by atoms with van der Waals surface area (Å²) in [6.45, 7) is 3.38. The molecule has 2 aliphatic rings.